The van der Waals surface area contributed by atoms with E-state index < -0.39 is 29.9 Å². The average Bonchev–Trinajstić information content (AvgIpc) is 3.14. The molecule has 1 N–H and O–H groups in total. The van der Waals surface area contributed by atoms with Crippen LogP contribution in [0.3, 0.4) is 0 Å². The number of rotatable bonds is 5. The number of halogens is 4. The lowest BCUT2D eigenvalue weighted by molar-refractivity contribution is -0.137. The van der Waals surface area contributed by atoms with Crippen molar-refractivity contribution in [1.82, 2.24) is 4.98 Å². The normalized spacial score (nSPS) is 11.3. The molecule has 0 aliphatic rings. The van der Waals surface area contributed by atoms with Crippen LogP contribution in [0, 0.1) is 5.82 Å². The van der Waals surface area contributed by atoms with Crippen LogP contribution in [-0.4, -0.2) is 18.0 Å². The van der Waals surface area contributed by atoms with Crippen LogP contribution in [0.5, 0.6) is 5.75 Å². The molecule has 0 atom stereocenters. The van der Waals surface area contributed by atoms with Crippen LogP contribution in [0.4, 0.5) is 23.2 Å². The van der Waals surface area contributed by atoms with Crippen molar-refractivity contribution in [3.8, 4) is 17.1 Å². The number of ether oxygens (including phenoxy) is 1. The Bertz CT molecular complexity index is 985. The van der Waals surface area contributed by atoms with Crippen LogP contribution < -0.4 is 10.1 Å². The molecule has 28 heavy (non-hydrogen) atoms. The molecule has 3 aromatic rings. The van der Waals surface area contributed by atoms with Crippen molar-refractivity contribution in [2.24, 2.45) is 0 Å². The second-order valence-corrected chi connectivity index (χ2v) is 5.85. The Balaban J connectivity index is 1.76. The molecule has 0 radical (unpaired) electrons. The second-order valence-electron chi connectivity index (χ2n) is 5.85. The molecule has 0 spiro atoms. The lowest BCUT2D eigenvalue weighted by Gasteiger charge is -2.11. The van der Waals surface area contributed by atoms with Gasteiger partial charge in [-0.3, -0.25) is 4.79 Å². The molecular formula is C19H14F4N2O3. The van der Waals surface area contributed by atoms with Crippen LogP contribution in [0.2, 0.25) is 0 Å². The monoisotopic (exact) mass is 394 g/mol. The molecule has 5 nitrogen and oxygen atoms in total. The van der Waals surface area contributed by atoms with Crippen molar-refractivity contribution >= 4 is 11.6 Å². The van der Waals surface area contributed by atoms with E-state index in [0.717, 1.165) is 12.1 Å². The van der Waals surface area contributed by atoms with Gasteiger partial charge in [0.15, 0.2) is 12.2 Å². The Morgan fingerprint density at radius 3 is 2.64 bits per heavy atom. The minimum absolute atomic E-state index is 0.0879. The molecule has 1 heterocycles. The topological polar surface area (TPSA) is 64.4 Å². The summed E-state index contributed by atoms with van der Waals surface area (Å²) in [6.07, 6.45) is -2.36. The standard InChI is InChI=1S/C19H14F4N2O3/c1-27-16-8-14(2-3-15(16)17-9-24-10-28-17)25-18(26)6-11-4-12(19(21,22)23)7-13(20)5-11/h2-5,7-10H,6H2,1H3,(H,25,26). The molecule has 0 unspecified atom stereocenters. The summed E-state index contributed by atoms with van der Waals surface area (Å²) in [6, 6.07) is 6.76. The van der Waals surface area contributed by atoms with E-state index in [1.165, 1.54) is 25.8 Å². The SMILES string of the molecule is COc1cc(NC(=O)Cc2cc(F)cc(C(F)(F)F)c2)ccc1-c1cnco1. The van der Waals surface area contributed by atoms with Crippen molar-refractivity contribution in [3.05, 3.63) is 65.9 Å². The summed E-state index contributed by atoms with van der Waals surface area (Å²) < 4.78 is 62.3. The Morgan fingerprint density at radius 1 is 1.21 bits per heavy atom. The number of alkyl halides is 3. The largest absolute Gasteiger partial charge is 0.496 e. The minimum Gasteiger partial charge on any atom is -0.496 e. The van der Waals surface area contributed by atoms with Gasteiger partial charge in [0.1, 0.15) is 11.6 Å². The minimum atomic E-state index is -4.70. The maximum Gasteiger partial charge on any atom is 0.416 e. The van der Waals surface area contributed by atoms with Crippen molar-refractivity contribution in [2.75, 3.05) is 12.4 Å². The predicted molar refractivity (Wildman–Crippen MR) is 92.2 cm³/mol. The van der Waals surface area contributed by atoms with E-state index in [1.807, 2.05) is 0 Å². The zero-order chi connectivity index (χ0) is 20.3. The van der Waals surface area contributed by atoms with Crippen LogP contribution in [0.15, 0.2) is 53.4 Å². The van der Waals surface area contributed by atoms with E-state index in [9.17, 15) is 22.4 Å². The third-order valence-electron chi connectivity index (χ3n) is 3.83. The highest BCUT2D eigenvalue weighted by Crippen LogP contribution is 2.33. The second kappa shape index (κ2) is 7.71. The highest BCUT2D eigenvalue weighted by Gasteiger charge is 2.31. The lowest BCUT2D eigenvalue weighted by Crippen LogP contribution is -2.15. The first-order valence-corrected chi connectivity index (χ1v) is 7.99. The number of nitrogens with one attached hydrogen (secondary N) is 1. The van der Waals surface area contributed by atoms with Gasteiger partial charge in [-0.2, -0.15) is 13.2 Å². The zero-order valence-corrected chi connectivity index (χ0v) is 14.5. The summed E-state index contributed by atoms with van der Waals surface area (Å²) in [5.74, 6) is -0.794. The molecule has 0 bridgehead atoms. The number of aromatic nitrogens is 1. The van der Waals surface area contributed by atoms with Gasteiger partial charge in [-0.05, 0) is 35.9 Å². The summed E-state index contributed by atoms with van der Waals surface area (Å²) in [7, 11) is 1.44. The molecule has 0 saturated carbocycles. The van der Waals surface area contributed by atoms with Crippen LogP contribution in [-0.2, 0) is 17.4 Å². The average molecular weight is 394 g/mol. The van der Waals surface area contributed by atoms with Crippen molar-refractivity contribution in [2.45, 2.75) is 12.6 Å². The highest BCUT2D eigenvalue weighted by atomic mass is 19.4. The summed E-state index contributed by atoms with van der Waals surface area (Å²) in [4.78, 5) is 16.0. The maximum absolute atomic E-state index is 13.5. The fourth-order valence-electron chi connectivity index (χ4n) is 2.63. The molecule has 2 aromatic carbocycles. The van der Waals surface area contributed by atoms with E-state index in [-0.39, 0.29) is 5.56 Å². The molecule has 0 aliphatic carbocycles. The first kappa shape index (κ1) is 19.4. The van der Waals surface area contributed by atoms with Gasteiger partial charge >= 0.3 is 6.18 Å². The third-order valence-corrected chi connectivity index (χ3v) is 3.83. The van der Waals surface area contributed by atoms with Crippen LogP contribution >= 0.6 is 0 Å². The van der Waals surface area contributed by atoms with E-state index in [1.54, 1.807) is 12.1 Å². The molecule has 146 valence electrons. The summed E-state index contributed by atoms with van der Waals surface area (Å²) >= 11 is 0. The van der Waals surface area contributed by atoms with Crippen LogP contribution in [0.1, 0.15) is 11.1 Å². The number of amides is 1. The Morgan fingerprint density at radius 2 is 2.00 bits per heavy atom. The third kappa shape index (κ3) is 4.48. The maximum atomic E-state index is 13.5. The number of methoxy groups -OCH3 is 1. The van der Waals surface area contributed by atoms with Gasteiger partial charge in [0.05, 0.1) is 30.9 Å². The number of hydrogen-bond acceptors (Lipinski definition) is 4. The summed E-state index contributed by atoms with van der Waals surface area (Å²) in [5, 5.41) is 2.55. The predicted octanol–water partition coefficient (Wildman–Crippen LogP) is 4.69. The first-order chi connectivity index (χ1) is 13.3. The molecule has 3 rings (SSSR count). The fourth-order valence-corrected chi connectivity index (χ4v) is 2.63. The Hall–Kier alpha value is -3.36. The number of nitrogens with zero attached hydrogens (tertiary/aromatic N) is 1. The van der Waals surface area contributed by atoms with E-state index in [0.29, 0.717) is 28.8 Å². The molecule has 0 aliphatic heterocycles. The summed E-state index contributed by atoms with van der Waals surface area (Å²) in [5.41, 5.74) is -0.265. The molecule has 1 aromatic heterocycles. The van der Waals surface area contributed by atoms with Gasteiger partial charge in [0.25, 0.3) is 0 Å². The van der Waals surface area contributed by atoms with E-state index in [2.05, 4.69) is 10.3 Å². The Kier molecular flexibility index (Phi) is 5.34. The fraction of sp³-hybridized carbons (Fsp3) is 0.158. The molecular weight excluding hydrogens is 380 g/mol. The van der Waals surface area contributed by atoms with Gasteiger partial charge in [0.2, 0.25) is 5.91 Å². The highest BCUT2D eigenvalue weighted by molar-refractivity contribution is 5.93. The first-order valence-electron chi connectivity index (χ1n) is 7.99. The van der Waals surface area contributed by atoms with Crippen molar-refractivity contribution in [3.63, 3.8) is 0 Å². The van der Waals surface area contributed by atoms with Gasteiger partial charge in [0, 0.05) is 11.8 Å². The molecule has 0 fully saturated rings. The number of oxazole rings is 1. The molecule has 9 heteroatoms. The van der Waals surface area contributed by atoms with Crippen molar-refractivity contribution in [1.29, 1.82) is 0 Å². The Labute approximate surface area is 157 Å². The van der Waals surface area contributed by atoms with Gasteiger partial charge in [-0.25, -0.2) is 9.37 Å². The number of carbonyl (C=O) groups is 1. The van der Waals surface area contributed by atoms with Crippen LogP contribution in [0.25, 0.3) is 11.3 Å². The van der Waals surface area contributed by atoms with Gasteiger partial charge in [-0.1, -0.05) is 0 Å². The zero-order valence-electron chi connectivity index (χ0n) is 14.5. The van der Waals surface area contributed by atoms with E-state index in [4.69, 9.17) is 9.15 Å². The van der Waals surface area contributed by atoms with E-state index >= 15 is 0 Å². The van der Waals surface area contributed by atoms with Crippen molar-refractivity contribution < 1.29 is 31.5 Å². The number of anilines is 1. The lowest BCUT2D eigenvalue weighted by atomic mass is 10.1. The summed E-state index contributed by atoms with van der Waals surface area (Å²) in [6.45, 7) is 0. The molecule has 1 amide bonds. The van der Waals surface area contributed by atoms with Gasteiger partial charge in [-0.15, -0.1) is 0 Å². The van der Waals surface area contributed by atoms with Gasteiger partial charge < -0.3 is 14.5 Å². The quantitative estimate of drug-likeness (QED) is 0.638. The molecule has 0 saturated heterocycles. The smallest absolute Gasteiger partial charge is 0.416 e. The number of benzene rings is 2. The number of hydrogen-bond donors (Lipinski definition) is 1. The number of carbonyl (C=O) groups excluding carboxylic acids is 1.